The number of anilines is 1. The van der Waals surface area contributed by atoms with Gasteiger partial charge in [0.15, 0.2) is 15.0 Å². The van der Waals surface area contributed by atoms with E-state index in [0.717, 1.165) is 10.8 Å². The molecule has 0 amide bonds. The van der Waals surface area contributed by atoms with Crippen LogP contribution in [0.5, 0.6) is 0 Å². The summed E-state index contributed by atoms with van der Waals surface area (Å²) in [6, 6.07) is 0. The molecule has 6 nitrogen and oxygen atoms in total. The summed E-state index contributed by atoms with van der Waals surface area (Å²) >= 11 is 1.49. The highest BCUT2D eigenvalue weighted by Crippen LogP contribution is 2.23. The average Bonchev–Trinajstić information content (AvgIpc) is 2.85. The molecule has 1 saturated heterocycles. The van der Waals surface area contributed by atoms with Crippen molar-refractivity contribution in [2.75, 3.05) is 36.1 Å². The lowest BCUT2D eigenvalue weighted by molar-refractivity contribution is -0.143. The van der Waals surface area contributed by atoms with Crippen LogP contribution in [0.4, 0.5) is 5.13 Å². The molecule has 2 rings (SSSR count). The highest BCUT2D eigenvalue weighted by atomic mass is 32.2. The second-order valence-electron chi connectivity index (χ2n) is 4.57. The fourth-order valence-corrected chi connectivity index (χ4v) is 4.04. The number of rotatable bonds is 5. The van der Waals surface area contributed by atoms with Crippen LogP contribution in [0.15, 0.2) is 5.38 Å². The van der Waals surface area contributed by atoms with E-state index in [1.165, 1.54) is 11.3 Å². The third-order valence-corrected chi connectivity index (χ3v) is 5.60. The molecule has 0 spiro atoms. The highest BCUT2D eigenvalue weighted by Gasteiger charge is 2.23. The Morgan fingerprint density at radius 3 is 2.80 bits per heavy atom. The average molecular weight is 318 g/mol. The molecule has 0 atom stereocenters. The molecule has 0 radical (unpaired) electrons. The van der Waals surface area contributed by atoms with Crippen LogP contribution >= 0.6 is 11.3 Å². The van der Waals surface area contributed by atoms with Crippen molar-refractivity contribution in [1.82, 2.24) is 4.98 Å². The molecule has 2 heterocycles. The molecule has 112 valence electrons. The van der Waals surface area contributed by atoms with Gasteiger partial charge in [0, 0.05) is 24.9 Å². The van der Waals surface area contributed by atoms with Gasteiger partial charge in [0.05, 0.1) is 30.2 Å². The Bertz CT molecular complexity index is 554. The summed E-state index contributed by atoms with van der Waals surface area (Å²) in [6.45, 7) is 3.16. The SMILES string of the molecule is CCOC(=O)CCc1csc(N2CCS(=O)(=O)CC2)n1. The highest BCUT2D eigenvalue weighted by molar-refractivity contribution is 7.91. The number of esters is 1. The zero-order valence-corrected chi connectivity index (χ0v) is 13.0. The third kappa shape index (κ3) is 4.17. The van der Waals surface area contributed by atoms with E-state index in [-0.39, 0.29) is 17.5 Å². The van der Waals surface area contributed by atoms with E-state index >= 15 is 0 Å². The molecule has 1 aromatic rings. The van der Waals surface area contributed by atoms with E-state index in [1.807, 2.05) is 10.3 Å². The number of aryl methyl sites for hydroxylation is 1. The minimum absolute atomic E-state index is 0.185. The molecule has 0 unspecified atom stereocenters. The number of nitrogens with zero attached hydrogens (tertiary/aromatic N) is 2. The van der Waals surface area contributed by atoms with Gasteiger partial charge in [-0.25, -0.2) is 13.4 Å². The van der Waals surface area contributed by atoms with Crippen molar-refractivity contribution in [2.24, 2.45) is 0 Å². The summed E-state index contributed by atoms with van der Waals surface area (Å²) < 4.78 is 27.6. The standard InChI is InChI=1S/C12H18N2O4S2/c1-2-18-11(15)4-3-10-9-19-12(13-10)14-5-7-20(16,17)8-6-14/h9H,2-8H2,1H3. The molecule has 0 aromatic carbocycles. The van der Waals surface area contributed by atoms with Crippen molar-refractivity contribution in [3.8, 4) is 0 Å². The number of ether oxygens (including phenoxy) is 1. The summed E-state index contributed by atoms with van der Waals surface area (Å²) in [5.74, 6) is 0.154. The van der Waals surface area contributed by atoms with Gasteiger partial charge < -0.3 is 9.64 Å². The van der Waals surface area contributed by atoms with Gasteiger partial charge in [0.2, 0.25) is 0 Å². The van der Waals surface area contributed by atoms with Gasteiger partial charge in [-0.3, -0.25) is 4.79 Å². The van der Waals surface area contributed by atoms with Crippen LogP contribution < -0.4 is 4.90 Å². The van der Waals surface area contributed by atoms with Crippen LogP contribution in [-0.4, -0.2) is 50.6 Å². The molecule has 0 N–H and O–H groups in total. The van der Waals surface area contributed by atoms with Crippen LogP contribution in [0.2, 0.25) is 0 Å². The van der Waals surface area contributed by atoms with E-state index in [2.05, 4.69) is 4.98 Å². The predicted octanol–water partition coefficient (Wildman–Crippen LogP) is 0.874. The van der Waals surface area contributed by atoms with Gasteiger partial charge in [-0.1, -0.05) is 0 Å². The number of thiazole rings is 1. The largest absolute Gasteiger partial charge is 0.466 e. The van der Waals surface area contributed by atoms with Crippen molar-refractivity contribution in [3.05, 3.63) is 11.1 Å². The Labute approximate surface area is 122 Å². The predicted molar refractivity (Wildman–Crippen MR) is 77.9 cm³/mol. The molecular weight excluding hydrogens is 300 g/mol. The van der Waals surface area contributed by atoms with Crippen LogP contribution in [0.1, 0.15) is 19.0 Å². The first-order chi connectivity index (χ1) is 9.50. The lowest BCUT2D eigenvalue weighted by atomic mass is 10.2. The number of aromatic nitrogens is 1. The summed E-state index contributed by atoms with van der Waals surface area (Å²) in [6.07, 6.45) is 0.882. The van der Waals surface area contributed by atoms with E-state index in [0.29, 0.717) is 32.5 Å². The number of carbonyl (C=O) groups is 1. The maximum absolute atomic E-state index is 11.4. The molecule has 8 heteroatoms. The summed E-state index contributed by atoms with van der Waals surface area (Å²) in [7, 11) is -2.87. The Hall–Kier alpha value is -1.15. The Kier molecular flexibility index (Phi) is 4.98. The molecule has 0 bridgehead atoms. The number of carbonyl (C=O) groups excluding carboxylic acids is 1. The zero-order valence-electron chi connectivity index (χ0n) is 11.4. The van der Waals surface area contributed by atoms with Gasteiger partial charge >= 0.3 is 5.97 Å². The van der Waals surface area contributed by atoms with Crippen molar-refractivity contribution >= 4 is 32.3 Å². The Morgan fingerprint density at radius 2 is 2.15 bits per heavy atom. The minimum atomic E-state index is -2.87. The van der Waals surface area contributed by atoms with Gasteiger partial charge in [0.1, 0.15) is 0 Å². The summed E-state index contributed by atoms with van der Waals surface area (Å²) in [5.41, 5.74) is 0.853. The van der Waals surface area contributed by atoms with Gasteiger partial charge in [-0.15, -0.1) is 11.3 Å². The Balaban J connectivity index is 1.88. The minimum Gasteiger partial charge on any atom is -0.466 e. The second kappa shape index (κ2) is 6.53. The fraction of sp³-hybridized carbons (Fsp3) is 0.667. The monoisotopic (exact) mass is 318 g/mol. The zero-order chi connectivity index (χ0) is 14.6. The topological polar surface area (TPSA) is 76.6 Å². The Morgan fingerprint density at radius 1 is 1.45 bits per heavy atom. The van der Waals surface area contributed by atoms with Crippen molar-refractivity contribution in [1.29, 1.82) is 0 Å². The van der Waals surface area contributed by atoms with Crippen LogP contribution in [0.25, 0.3) is 0 Å². The summed E-state index contributed by atoms with van der Waals surface area (Å²) in [5, 5.41) is 2.75. The molecule has 0 aliphatic carbocycles. The summed E-state index contributed by atoms with van der Waals surface area (Å²) in [4.78, 5) is 17.7. The maximum Gasteiger partial charge on any atom is 0.306 e. The normalized spacial score (nSPS) is 17.9. The third-order valence-electron chi connectivity index (χ3n) is 3.05. The lowest BCUT2D eigenvalue weighted by Gasteiger charge is -2.25. The first-order valence-electron chi connectivity index (χ1n) is 6.55. The maximum atomic E-state index is 11.4. The molecular formula is C12H18N2O4S2. The van der Waals surface area contributed by atoms with Crippen LogP contribution in [0, 0.1) is 0 Å². The van der Waals surface area contributed by atoms with Crippen molar-refractivity contribution < 1.29 is 17.9 Å². The molecule has 1 fully saturated rings. The number of sulfone groups is 1. The smallest absolute Gasteiger partial charge is 0.306 e. The number of hydrogen-bond donors (Lipinski definition) is 0. The molecule has 20 heavy (non-hydrogen) atoms. The van der Waals surface area contributed by atoms with Crippen LogP contribution in [-0.2, 0) is 25.8 Å². The van der Waals surface area contributed by atoms with E-state index in [9.17, 15) is 13.2 Å². The van der Waals surface area contributed by atoms with E-state index < -0.39 is 9.84 Å². The fourth-order valence-electron chi connectivity index (χ4n) is 1.92. The van der Waals surface area contributed by atoms with E-state index in [4.69, 9.17) is 4.74 Å². The molecule has 1 aliphatic heterocycles. The molecule has 0 saturated carbocycles. The van der Waals surface area contributed by atoms with Gasteiger partial charge in [-0.2, -0.15) is 0 Å². The molecule has 1 aromatic heterocycles. The van der Waals surface area contributed by atoms with Gasteiger partial charge in [-0.05, 0) is 6.92 Å². The van der Waals surface area contributed by atoms with Crippen molar-refractivity contribution in [2.45, 2.75) is 19.8 Å². The first-order valence-corrected chi connectivity index (χ1v) is 9.25. The lowest BCUT2D eigenvalue weighted by Crippen LogP contribution is -2.40. The quantitative estimate of drug-likeness (QED) is 0.750. The van der Waals surface area contributed by atoms with E-state index in [1.54, 1.807) is 6.92 Å². The second-order valence-corrected chi connectivity index (χ2v) is 7.71. The molecule has 1 aliphatic rings. The van der Waals surface area contributed by atoms with Crippen LogP contribution in [0.3, 0.4) is 0 Å². The number of hydrogen-bond acceptors (Lipinski definition) is 7. The van der Waals surface area contributed by atoms with Gasteiger partial charge in [0.25, 0.3) is 0 Å². The van der Waals surface area contributed by atoms with Crippen molar-refractivity contribution in [3.63, 3.8) is 0 Å². The first kappa shape index (κ1) is 15.2.